The molecule has 2 heteroatoms. The van der Waals surface area contributed by atoms with Gasteiger partial charge in [0.15, 0.2) is 0 Å². The Kier molecular flexibility index (Phi) is 4.98. The Bertz CT molecular complexity index is 531. The molecule has 0 saturated heterocycles. The largest absolute Gasteiger partial charge is 0.205 e. The second-order valence-corrected chi connectivity index (χ2v) is 5.22. The van der Waals surface area contributed by atoms with Crippen LogP contribution in [0.5, 0.6) is 0 Å². The molecule has 2 aromatic carbocycles. The molecule has 0 aromatic heterocycles. The van der Waals surface area contributed by atoms with Crippen molar-refractivity contribution in [3.05, 3.63) is 70.0 Å². The first-order valence-corrected chi connectivity index (χ1v) is 7.08. The zero-order chi connectivity index (χ0) is 13.7. The van der Waals surface area contributed by atoms with Crippen LogP contribution in [0.4, 0.5) is 4.39 Å². The van der Waals surface area contributed by atoms with Crippen LogP contribution in [0.1, 0.15) is 30.0 Å². The Morgan fingerprint density at radius 3 is 1.95 bits per heavy atom. The van der Waals surface area contributed by atoms with E-state index in [1.165, 1.54) is 23.6 Å². The quantitative estimate of drug-likeness (QED) is 0.703. The van der Waals surface area contributed by atoms with Gasteiger partial charge in [0.25, 0.3) is 0 Å². The van der Waals surface area contributed by atoms with Gasteiger partial charge in [-0.05, 0) is 48.1 Å². The van der Waals surface area contributed by atoms with Gasteiger partial charge in [-0.15, -0.1) is 0 Å². The zero-order valence-corrected chi connectivity index (χ0v) is 11.9. The highest BCUT2D eigenvalue weighted by Gasteiger charge is 2.02. The van der Waals surface area contributed by atoms with Crippen LogP contribution in [0.2, 0.25) is 5.02 Å². The average molecular weight is 277 g/mol. The van der Waals surface area contributed by atoms with Crippen molar-refractivity contribution in [2.24, 2.45) is 0 Å². The first-order chi connectivity index (χ1) is 9.19. The van der Waals surface area contributed by atoms with Crippen molar-refractivity contribution < 1.29 is 4.39 Å². The van der Waals surface area contributed by atoms with Gasteiger partial charge >= 0.3 is 0 Å². The lowest BCUT2D eigenvalue weighted by molar-refractivity contribution is 0.625. The molecule has 0 aliphatic rings. The van der Waals surface area contributed by atoms with E-state index in [0.717, 1.165) is 24.8 Å². The second kappa shape index (κ2) is 6.72. The Morgan fingerprint density at radius 1 is 0.842 bits per heavy atom. The van der Waals surface area contributed by atoms with E-state index in [0.29, 0.717) is 0 Å². The normalized spacial score (nSPS) is 10.7. The van der Waals surface area contributed by atoms with Crippen molar-refractivity contribution in [1.29, 1.82) is 0 Å². The molecule has 0 fully saturated rings. The lowest BCUT2D eigenvalue weighted by atomic mass is 10.0. The third kappa shape index (κ3) is 4.07. The Labute approximate surface area is 119 Å². The zero-order valence-electron chi connectivity index (χ0n) is 11.1. The van der Waals surface area contributed by atoms with Gasteiger partial charge in [-0.2, -0.15) is 0 Å². The second-order valence-electron chi connectivity index (χ2n) is 4.81. The summed E-state index contributed by atoms with van der Waals surface area (Å²) in [5, 5.41) is 0.188. The van der Waals surface area contributed by atoms with E-state index in [-0.39, 0.29) is 10.8 Å². The number of aryl methyl sites for hydroxylation is 3. The third-order valence-electron chi connectivity index (χ3n) is 3.25. The van der Waals surface area contributed by atoms with Crippen molar-refractivity contribution in [3.63, 3.8) is 0 Å². The van der Waals surface area contributed by atoms with Crippen LogP contribution in [0.15, 0.2) is 42.5 Å². The Balaban J connectivity index is 1.96. The third-order valence-corrected chi connectivity index (χ3v) is 3.55. The molecule has 2 rings (SSSR count). The van der Waals surface area contributed by atoms with Crippen LogP contribution in [0.3, 0.4) is 0 Å². The summed E-state index contributed by atoms with van der Waals surface area (Å²) in [6.07, 6.45) is 4.06. The molecular formula is C17H18ClF. The highest BCUT2D eigenvalue weighted by atomic mass is 35.5. The van der Waals surface area contributed by atoms with Crippen LogP contribution in [0, 0.1) is 5.82 Å². The summed E-state index contributed by atoms with van der Waals surface area (Å²) >= 11 is 5.67. The number of hydrogen-bond acceptors (Lipinski definition) is 0. The van der Waals surface area contributed by atoms with Gasteiger partial charge in [0, 0.05) is 0 Å². The summed E-state index contributed by atoms with van der Waals surface area (Å²) in [6, 6.07) is 13.7. The molecule has 0 bridgehead atoms. The van der Waals surface area contributed by atoms with Crippen LogP contribution >= 0.6 is 11.6 Å². The predicted octanol–water partition coefficient (Wildman–Crippen LogP) is 5.22. The summed E-state index contributed by atoms with van der Waals surface area (Å²) in [5.74, 6) is -0.336. The molecule has 0 saturated carbocycles. The number of halogens is 2. The van der Waals surface area contributed by atoms with Gasteiger partial charge in [-0.25, -0.2) is 4.39 Å². The standard InChI is InChI=1S/C17H18ClF/c1-2-3-13-4-6-14(7-5-13)8-9-15-10-11-16(18)17(19)12-15/h4-7,10-12H,2-3,8-9H2,1H3. The molecule has 2 aromatic rings. The van der Waals surface area contributed by atoms with E-state index >= 15 is 0 Å². The Morgan fingerprint density at radius 2 is 1.37 bits per heavy atom. The van der Waals surface area contributed by atoms with Crippen molar-refractivity contribution in [3.8, 4) is 0 Å². The first kappa shape index (κ1) is 14.1. The smallest absolute Gasteiger partial charge is 0.142 e. The highest BCUT2D eigenvalue weighted by molar-refractivity contribution is 6.30. The van der Waals surface area contributed by atoms with Crippen molar-refractivity contribution >= 4 is 11.6 Å². The average Bonchev–Trinajstić information content (AvgIpc) is 2.42. The number of benzene rings is 2. The van der Waals surface area contributed by atoms with Crippen LogP contribution in [-0.2, 0) is 19.3 Å². The van der Waals surface area contributed by atoms with Gasteiger partial charge in [0.1, 0.15) is 5.82 Å². The van der Waals surface area contributed by atoms with Gasteiger partial charge in [0.2, 0.25) is 0 Å². The topological polar surface area (TPSA) is 0 Å². The lowest BCUT2D eigenvalue weighted by Gasteiger charge is -2.05. The van der Waals surface area contributed by atoms with Crippen molar-refractivity contribution in [1.82, 2.24) is 0 Å². The SMILES string of the molecule is CCCc1ccc(CCc2ccc(Cl)c(F)c2)cc1. The fraction of sp³-hybridized carbons (Fsp3) is 0.294. The summed E-state index contributed by atoms with van der Waals surface area (Å²) < 4.78 is 13.3. The predicted molar refractivity (Wildman–Crippen MR) is 79.3 cm³/mol. The van der Waals surface area contributed by atoms with Gasteiger partial charge < -0.3 is 0 Å². The Hall–Kier alpha value is -1.34. The van der Waals surface area contributed by atoms with E-state index in [1.54, 1.807) is 6.07 Å². The van der Waals surface area contributed by atoms with Crippen molar-refractivity contribution in [2.45, 2.75) is 32.6 Å². The van der Waals surface area contributed by atoms with Gasteiger partial charge in [-0.3, -0.25) is 0 Å². The molecule has 0 radical (unpaired) electrons. The summed E-state index contributed by atoms with van der Waals surface area (Å²) in [7, 11) is 0. The van der Waals surface area contributed by atoms with E-state index in [1.807, 2.05) is 6.07 Å². The molecule has 19 heavy (non-hydrogen) atoms. The van der Waals surface area contributed by atoms with Crippen LogP contribution < -0.4 is 0 Å². The summed E-state index contributed by atoms with van der Waals surface area (Å²) in [5.41, 5.74) is 3.65. The van der Waals surface area contributed by atoms with E-state index < -0.39 is 0 Å². The number of rotatable bonds is 5. The summed E-state index contributed by atoms with van der Waals surface area (Å²) in [4.78, 5) is 0. The maximum absolute atomic E-state index is 13.3. The molecule has 0 atom stereocenters. The highest BCUT2D eigenvalue weighted by Crippen LogP contribution is 2.17. The maximum atomic E-state index is 13.3. The molecule has 0 heterocycles. The van der Waals surface area contributed by atoms with E-state index in [2.05, 4.69) is 31.2 Å². The van der Waals surface area contributed by atoms with Crippen LogP contribution in [0.25, 0.3) is 0 Å². The summed E-state index contributed by atoms with van der Waals surface area (Å²) in [6.45, 7) is 2.18. The minimum Gasteiger partial charge on any atom is -0.205 e. The minimum atomic E-state index is -0.336. The molecule has 0 aliphatic heterocycles. The molecule has 0 amide bonds. The molecule has 0 aliphatic carbocycles. The minimum absolute atomic E-state index is 0.188. The molecule has 0 spiro atoms. The molecule has 100 valence electrons. The van der Waals surface area contributed by atoms with E-state index in [4.69, 9.17) is 11.6 Å². The van der Waals surface area contributed by atoms with Gasteiger partial charge in [-0.1, -0.05) is 55.3 Å². The maximum Gasteiger partial charge on any atom is 0.142 e. The number of hydrogen-bond donors (Lipinski definition) is 0. The molecule has 0 N–H and O–H groups in total. The molecule has 0 nitrogen and oxygen atoms in total. The fourth-order valence-electron chi connectivity index (χ4n) is 2.15. The molecular weight excluding hydrogens is 259 g/mol. The van der Waals surface area contributed by atoms with Crippen LogP contribution in [-0.4, -0.2) is 0 Å². The van der Waals surface area contributed by atoms with E-state index in [9.17, 15) is 4.39 Å². The van der Waals surface area contributed by atoms with Crippen molar-refractivity contribution in [2.75, 3.05) is 0 Å². The first-order valence-electron chi connectivity index (χ1n) is 6.71. The molecule has 0 unspecified atom stereocenters. The fourth-order valence-corrected chi connectivity index (χ4v) is 2.26. The monoisotopic (exact) mass is 276 g/mol. The van der Waals surface area contributed by atoms with Gasteiger partial charge in [0.05, 0.1) is 5.02 Å². The lowest BCUT2D eigenvalue weighted by Crippen LogP contribution is -1.93.